The molecule has 0 fully saturated rings. The first-order valence-electron chi connectivity index (χ1n) is 5.91. The summed E-state index contributed by atoms with van der Waals surface area (Å²) in [5.41, 5.74) is 6.60. The van der Waals surface area contributed by atoms with Crippen LogP contribution < -0.4 is 5.32 Å². The quantitative estimate of drug-likeness (QED) is 0.829. The molecule has 0 aliphatic heterocycles. The average molecular weight is 244 g/mol. The van der Waals surface area contributed by atoms with Crippen LogP contribution in [0, 0.1) is 6.92 Å². The van der Waals surface area contributed by atoms with Crippen LogP contribution in [0.15, 0.2) is 34.3 Å². The van der Waals surface area contributed by atoms with Gasteiger partial charge in [-0.05, 0) is 18.9 Å². The van der Waals surface area contributed by atoms with Gasteiger partial charge in [-0.15, -0.1) is 5.73 Å². The van der Waals surface area contributed by atoms with E-state index < -0.39 is 0 Å². The molecule has 1 aliphatic carbocycles. The van der Waals surface area contributed by atoms with Crippen molar-refractivity contribution in [1.82, 2.24) is 10.5 Å². The molecular weight excluding hydrogens is 228 g/mol. The first-order valence-corrected chi connectivity index (χ1v) is 5.91. The summed E-state index contributed by atoms with van der Waals surface area (Å²) >= 11 is 0. The molecule has 0 unspecified atom stereocenters. The van der Waals surface area contributed by atoms with Gasteiger partial charge in [0.15, 0.2) is 0 Å². The SMILES string of the molecule is C=C=C(C1=C(NC)CCC(=O)C1)c1cnoc1C. The van der Waals surface area contributed by atoms with Gasteiger partial charge in [-0.3, -0.25) is 4.79 Å². The number of allylic oxidation sites excluding steroid dienone is 3. The highest BCUT2D eigenvalue weighted by Gasteiger charge is 2.23. The van der Waals surface area contributed by atoms with E-state index in [1.54, 1.807) is 6.20 Å². The topological polar surface area (TPSA) is 55.1 Å². The van der Waals surface area contributed by atoms with E-state index in [1.165, 1.54) is 0 Å². The van der Waals surface area contributed by atoms with Crippen LogP contribution in [0.5, 0.6) is 0 Å². The van der Waals surface area contributed by atoms with Crippen molar-refractivity contribution in [2.75, 3.05) is 7.05 Å². The van der Waals surface area contributed by atoms with E-state index >= 15 is 0 Å². The van der Waals surface area contributed by atoms with Crippen molar-refractivity contribution in [2.45, 2.75) is 26.2 Å². The number of aryl methyl sites for hydroxylation is 1. The number of Topliss-reactive ketones (excluding diaryl/α,β-unsaturated/α-hetero) is 1. The molecule has 0 saturated carbocycles. The van der Waals surface area contributed by atoms with Crippen molar-refractivity contribution in [1.29, 1.82) is 0 Å². The zero-order chi connectivity index (χ0) is 13.1. The van der Waals surface area contributed by atoms with E-state index in [-0.39, 0.29) is 5.78 Å². The number of hydrogen-bond acceptors (Lipinski definition) is 4. The van der Waals surface area contributed by atoms with Gasteiger partial charge in [0.05, 0.1) is 11.8 Å². The highest BCUT2D eigenvalue weighted by atomic mass is 16.5. The molecule has 1 heterocycles. The zero-order valence-electron chi connectivity index (χ0n) is 10.7. The predicted molar refractivity (Wildman–Crippen MR) is 68.7 cm³/mol. The van der Waals surface area contributed by atoms with E-state index in [9.17, 15) is 4.79 Å². The number of hydrogen-bond donors (Lipinski definition) is 1. The lowest BCUT2D eigenvalue weighted by molar-refractivity contribution is -0.118. The molecule has 0 spiro atoms. The van der Waals surface area contributed by atoms with E-state index in [4.69, 9.17) is 4.52 Å². The minimum absolute atomic E-state index is 0.242. The Balaban J connectivity index is 2.51. The largest absolute Gasteiger partial charge is 0.391 e. The van der Waals surface area contributed by atoms with Crippen molar-refractivity contribution in [3.63, 3.8) is 0 Å². The Bertz CT molecular complexity index is 560. The fraction of sp³-hybridized carbons (Fsp3) is 0.357. The lowest BCUT2D eigenvalue weighted by atomic mass is 9.87. The number of carbonyl (C=O) groups excluding carboxylic acids is 1. The van der Waals surface area contributed by atoms with Gasteiger partial charge >= 0.3 is 0 Å². The van der Waals surface area contributed by atoms with Gasteiger partial charge in [0.1, 0.15) is 11.5 Å². The van der Waals surface area contributed by atoms with Crippen LogP contribution >= 0.6 is 0 Å². The molecule has 0 radical (unpaired) electrons. The lowest BCUT2D eigenvalue weighted by Gasteiger charge is -2.20. The van der Waals surface area contributed by atoms with E-state index in [1.807, 2.05) is 14.0 Å². The summed E-state index contributed by atoms with van der Waals surface area (Å²) in [5, 5.41) is 6.92. The predicted octanol–water partition coefficient (Wildman–Crippen LogP) is 2.38. The summed E-state index contributed by atoms with van der Waals surface area (Å²) in [6.07, 6.45) is 3.38. The van der Waals surface area contributed by atoms with Crippen LogP contribution in [-0.2, 0) is 4.79 Å². The molecule has 0 amide bonds. The third-order valence-electron chi connectivity index (χ3n) is 3.19. The van der Waals surface area contributed by atoms with Gasteiger partial charge in [0.25, 0.3) is 0 Å². The third kappa shape index (κ3) is 2.15. The molecule has 94 valence electrons. The van der Waals surface area contributed by atoms with E-state index in [0.717, 1.165) is 28.8 Å². The molecule has 1 aromatic heterocycles. The molecule has 2 rings (SSSR count). The fourth-order valence-corrected chi connectivity index (χ4v) is 2.23. The lowest BCUT2D eigenvalue weighted by Crippen LogP contribution is -2.18. The Morgan fingerprint density at radius 2 is 2.33 bits per heavy atom. The second-order valence-electron chi connectivity index (χ2n) is 4.27. The van der Waals surface area contributed by atoms with E-state index in [0.29, 0.717) is 18.6 Å². The number of nitrogens with one attached hydrogen (secondary N) is 1. The minimum atomic E-state index is 0.242. The molecule has 1 aromatic rings. The highest BCUT2D eigenvalue weighted by molar-refractivity contribution is 5.91. The van der Waals surface area contributed by atoms with Crippen molar-refractivity contribution < 1.29 is 9.32 Å². The summed E-state index contributed by atoms with van der Waals surface area (Å²) in [6.45, 7) is 5.56. The molecule has 0 saturated heterocycles. The second kappa shape index (κ2) is 5.07. The van der Waals surface area contributed by atoms with Crippen LogP contribution in [0.3, 0.4) is 0 Å². The van der Waals surface area contributed by atoms with Gasteiger partial charge in [-0.1, -0.05) is 11.7 Å². The van der Waals surface area contributed by atoms with Gasteiger partial charge in [-0.25, -0.2) is 0 Å². The number of aromatic nitrogens is 1. The normalized spacial score (nSPS) is 15.6. The first kappa shape index (κ1) is 12.4. The Morgan fingerprint density at radius 3 is 2.89 bits per heavy atom. The average Bonchev–Trinajstić information content (AvgIpc) is 2.77. The summed E-state index contributed by atoms with van der Waals surface area (Å²) in [4.78, 5) is 11.6. The number of nitrogens with zero attached hydrogens (tertiary/aromatic N) is 1. The Morgan fingerprint density at radius 1 is 1.56 bits per heavy atom. The van der Waals surface area contributed by atoms with Crippen molar-refractivity contribution in [2.24, 2.45) is 0 Å². The molecular formula is C14H16N2O2. The third-order valence-corrected chi connectivity index (χ3v) is 3.19. The molecule has 1 N–H and O–H groups in total. The molecule has 0 bridgehead atoms. The minimum Gasteiger partial charge on any atom is -0.391 e. The molecule has 4 heteroatoms. The summed E-state index contributed by atoms with van der Waals surface area (Å²) in [7, 11) is 1.87. The number of rotatable bonds is 3. The van der Waals surface area contributed by atoms with Gasteiger partial charge in [-0.2, -0.15) is 0 Å². The summed E-state index contributed by atoms with van der Waals surface area (Å²) in [5.74, 6) is 0.952. The summed E-state index contributed by atoms with van der Waals surface area (Å²) in [6, 6.07) is 0. The monoisotopic (exact) mass is 244 g/mol. The Kier molecular flexibility index (Phi) is 3.49. The maximum Gasteiger partial charge on any atom is 0.142 e. The second-order valence-corrected chi connectivity index (χ2v) is 4.27. The zero-order valence-corrected chi connectivity index (χ0v) is 10.7. The van der Waals surface area contributed by atoms with Crippen molar-refractivity contribution in [3.05, 3.63) is 41.1 Å². The maximum atomic E-state index is 11.6. The number of ketones is 1. The standard InChI is InChI=1S/C14H16N2O2/c1-4-11(13-8-16-18-9(13)2)12-7-10(17)5-6-14(12)15-3/h8,15H,1,5-7H2,2-3H3. The smallest absolute Gasteiger partial charge is 0.142 e. The Hall–Kier alpha value is -2.06. The highest BCUT2D eigenvalue weighted by Crippen LogP contribution is 2.33. The van der Waals surface area contributed by atoms with Crippen LogP contribution in [0.25, 0.3) is 5.57 Å². The van der Waals surface area contributed by atoms with Gasteiger partial charge in [0.2, 0.25) is 0 Å². The molecule has 1 aliphatic rings. The molecule has 0 aromatic carbocycles. The van der Waals surface area contributed by atoms with E-state index in [2.05, 4.69) is 22.8 Å². The summed E-state index contributed by atoms with van der Waals surface area (Å²) < 4.78 is 5.07. The van der Waals surface area contributed by atoms with Gasteiger partial charge in [0, 0.05) is 31.2 Å². The molecule has 0 atom stereocenters. The van der Waals surface area contributed by atoms with Crippen LogP contribution in [0.4, 0.5) is 0 Å². The Labute approximate surface area is 106 Å². The van der Waals surface area contributed by atoms with Crippen LogP contribution in [0.2, 0.25) is 0 Å². The van der Waals surface area contributed by atoms with Crippen LogP contribution in [0.1, 0.15) is 30.6 Å². The first-order chi connectivity index (χ1) is 8.67. The fourth-order valence-electron chi connectivity index (χ4n) is 2.23. The van der Waals surface area contributed by atoms with Crippen LogP contribution in [-0.4, -0.2) is 18.0 Å². The number of carbonyl (C=O) groups is 1. The molecule has 18 heavy (non-hydrogen) atoms. The maximum absolute atomic E-state index is 11.6. The molecule has 4 nitrogen and oxygen atoms in total. The van der Waals surface area contributed by atoms with Gasteiger partial charge < -0.3 is 9.84 Å². The van der Waals surface area contributed by atoms with Crippen molar-refractivity contribution >= 4 is 11.4 Å². The van der Waals surface area contributed by atoms with Crippen molar-refractivity contribution in [3.8, 4) is 0 Å².